The van der Waals surface area contributed by atoms with Gasteiger partial charge in [0.2, 0.25) is 0 Å². The summed E-state index contributed by atoms with van der Waals surface area (Å²) in [5.74, 6) is 0.890. The van der Waals surface area contributed by atoms with E-state index in [4.69, 9.17) is 14.2 Å². The number of hydrogen-bond acceptors (Lipinski definition) is 4. The average molecular weight is 313 g/mol. The Balaban J connectivity index is 1.40. The number of hydrogen-bond donors (Lipinski definition) is 1. The molecule has 0 amide bonds. The van der Waals surface area contributed by atoms with E-state index in [0.29, 0.717) is 26.4 Å². The van der Waals surface area contributed by atoms with Crippen LogP contribution in [0.25, 0.3) is 0 Å². The molecule has 23 heavy (non-hydrogen) atoms. The van der Waals surface area contributed by atoms with Gasteiger partial charge in [-0.05, 0) is 23.3 Å². The first-order chi connectivity index (χ1) is 11.4. The highest BCUT2D eigenvalue weighted by molar-refractivity contribution is 5.27. The van der Waals surface area contributed by atoms with E-state index in [2.05, 4.69) is 29.6 Å². The zero-order chi connectivity index (χ0) is 15.7. The van der Waals surface area contributed by atoms with Gasteiger partial charge in [-0.1, -0.05) is 42.5 Å². The van der Waals surface area contributed by atoms with Crippen LogP contribution in [-0.2, 0) is 22.6 Å². The number of nitrogens with one attached hydrogen (secondary N) is 1. The predicted molar refractivity (Wildman–Crippen MR) is 89.5 cm³/mol. The third kappa shape index (κ3) is 5.36. The Morgan fingerprint density at radius 1 is 0.957 bits per heavy atom. The molecule has 1 aliphatic heterocycles. The fourth-order valence-corrected chi connectivity index (χ4v) is 2.48. The van der Waals surface area contributed by atoms with E-state index >= 15 is 0 Å². The number of benzene rings is 2. The van der Waals surface area contributed by atoms with E-state index < -0.39 is 0 Å². The normalized spacial score (nSPS) is 17.8. The monoisotopic (exact) mass is 313 g/mol. The molecule has 1 aliphatic rings. The highest BCUT2D eigenvalue weighted by Crippen LogP contribution is 2.14. The topological polar surface area (TPSA) is 39.7 Å². The molecule has 0 aliphatic carbocycles. The standard InChI is InChI=1S/C19H23NO3/c1-2-4-17(5-3-1)14-23-18-8-6-16(7-9-18)12-20-13-19-15-21-10-11-22-19/h1-9,19-20H,10-15H2. The molecule has 1 N–H and O–H groups in total. The smallest absolute Gasteiger partial charge is 0.119 e. The summed E-state index contributed by atoms with van der Waals surface area (Å²) in [4.78, 5) is 0. The quantitative estimate of drug-likeness (QED) is 0.853. The molecule has 0 aromatic heterocycles. The van der Waals surface area contributed by atoms with Crippen LogP contribution in [0, 0.1) is 0 Å². The van der Waals surface area contributed by atoms with Gasteiger partial charge in [-0.25, -0.2) is 0 Å². The maximum Gasteiger partial charge on any atom is 0.119 e. The van der Waals surface area contributed by atoms with E-state index in [9.17, 15) is 0 Å². The van der Waals surface area contributed by atoms with Crippen LogP contribution in [-0.4, -0.2) is 32.5 Å². The third-order valence-corrected chi connectivity index (χ3v) is 3.76. The van der Waals surface area contributed by atoms with E-state index in [-0.39, 0.29) is 6.10 Å². The SMILES string of the molecule is c1ccc(COc2ccc(CNCC3COCCO3)cc2)cc1. The van der Waals surface area contributed by atoms with Crippen LogP contribution < -0.4 is 10.1 Å². The summed E-state index contributed by atoms with van der Waals surface area (Å²) in [5.41, 5.74) is 2.40. The van der Waals surface area contributed by atoms with E-state index in [1.54, 1.807) is 0 Å². The van der Waals surface area contributed by atoms with Gasteiger partial charge in [0.25, 0.3) is 0 Å². The molecule has 1 fully saturated rings. The summed E-state index contributed by atoms with van der Waals surface area (Å²) in [7, 11) is 0. The minimum Gasteiger partial charge on any atom is -0.489 e. The van der Waals surface area contributed by atoms with Gasteiger partial charge in [0.05, 0.1) is 25.9 Å². The van der Waals surface area contributed by atoms with Gasteiger partial charge in [-0.3, -0.25) is 0 Å². The molecule has 0 saturated carbocycles. The summed E-state index contributed by atoms with van der Waals surface area (Å²) in [5, 5.41) is 3.40. The van der Waals surface area contributed by atoms with E-state index in [0.717, 1.165) is 18.8 Å². The first-order valence-corrected chi connectivity index (χ1v) is 8.06. The van der Waals surface area contributed by atoms with Crippen molar-refractivity contribution < 1.29 is 14.2 Å². The summed E-state index contributed by atoms with van der Waals surface area (Å²) in [6, 6.07) is 18.4. The predicted octanol–water partition coefficient (Wildman–Crippen LogP) is 2.77. The van der Waals surface area contributed by atoms with Crippen molar-refractivity contribution >= 4 is 0 Å². The van der Waals surface area contributed by atoms with Crippen LogP contribution in [0.5, 0.6) is 5.75 Å². The molecular formula is C19H23NO3. The number of ether oxygens (including phenoxy) is 3. The van der Waals surface area contributed by atoms with Gasteiger partial charge in [0.1, 0.15) is 12.4 Å². The van der Waals surface area contributed by atoms with Crippen molar-refractivity contribution in [3.05, 3.63) is 65.7 Å². The first-order valence-electron chi connectivity index (χ1n) is 8.06. The van der Waals surface area contributed by atoms with Crippen molar-refractivity contribution in [1.82, 2.24) is 5.32 Å². The van der Waals surface area contributed by atoms with Gasteiger partial charge in [-0.15, -0.1) is 0 Å². The first kappa shape index (κ1) is 16.0. The highest BCUT2D eigenvalue weighted by Gasteiger charge is 2.13. The van der Waals surface area contributed by atoms with Crippen molar-refractivity contribution in [2.24, 2.45) is 0 Å². The molecular weight excluding hydrogens is 290 g/mol. The largest absolute Gasteiger partial charge is 0.489 e. The molecule has 1 saturated heterocycles. The Morgan fingerprint density at radius 2 is 1.78 bits per heavy atom. The lowest BCUT2D eigenvalue weighted by Crippen LogP contribution is -2.37. The molecule has 2 aromatic carbocycles. The molecule has 2 aromatic rings. The second-order valence-corrected chi connectivity index (χ2v) is 5.62. The molecule has 0 radical (unpaired) electrons. The van der Waals surface area contributed by atoms with Crippen LogP contribution in [0.15, 0.2) is 54.6 Å². The molecule has 4 heteroatoms. The van der Waals surface area contributed by atoms with Gasteiger partial charge >= 0.3 is 0 Å². The van der Waals surface area contributed by atoms with Crippen LogP contribution in [0.1, 0.15) is 11.1 Å². The van der Waals surface area contributed by atoms with Gasteiger partial charge < -0.3 is 19.5 Å². The summed E-state index contributed by atoms with van der Waals surface area (Å²) in [6.07, 6.45) is 0.164. The lowest BCUT2D eigenvalue weighted by atomic mass is 10.2. The molecule has 4 nitrogen and oxygen atoms in total. The zero-order valence-corrected chi connectivity index (χ0v) is 13.2. The van der Waals surface area contributed by atoms with Gasteiger partial charge in [-0.2, -0.15) is 0 Å². The Bertz CT molecular complexity index is 565. The highest BCUT2D eigenvalue weighted by atomic mass is 16.6. The van der Waals surface area contributed by atoms with Crippen LogP contribution in [0.4, 0.5) is 0 Å². The average Bonchev–Trinajstić information content (AvgIpc) is 2.63. The lowest BCUT2D eigenvalue weighted by molar-refractivity contribution is -0.0864. The van der Waals surface area contributed by atoms with Gasteiger partial charge in [0.15, 0.2) is 0 Å². The van der Waals surface area contributed by atoms with Crippen LogP contribution in [0.2, 0.25) is 0 Å². The Kier molecular flexibility index (Phi) is 6.03. The zero-order valence-electron chi connectivity index (χ0n) is 13.2. The minimum atomic E-state index is 0.164. The van der Waals surface area contributed by atoms with Crippen LogP contribution in [0.3, 0.4) is 0 Å². The fourth-order valence-electron chi connectivity index (χ4n) is 2.48. The summed E-state index contributed by atoms with van der Waals surface area (Å²) >= 11 is 0. The summed E-state index contributed by atoms with van der Waals surface area (Å²) < 4.78 is 16.8. The summed E-state index contributed by atoms with van der Waals surface area (Å²) in [6.45, 7) is 4.31. The molecule has 1 unspecified atom stereocenters. The number of rotatable bonds is 7. The van der Waals surface area contributed by atoms with Crippen molar-refractivity contribution in [1.29, 1.82) is 0 Å². The lowest BCUT2D eigenvalue weighted by Gasteiger charge is -2.23. The maximum atomic E-state index is 5.79. The molecule has 3 rings (SSSR count). The second-order valence-electron chi connectivity index (χ2n) is 5.62. The maximum absolute atomic E-state index is 5.79. The third-order valence-electron chi connectivity index (χ3n) is 3.76. The van der Waals surface area contributed by atoms with Crippen molar-refractivity contribution in [3.63, 3.8) is 0 Å². The molecule has 0 spiro atoms. The molecule has 1 heterocycles. The van der Waals surface area contributed by atoms with Gasteiger partial charge in [0, 0.05) is 13.1 Å². The van der Waals surface area contributed by atoms with Crippen molar-refractivity contribution in [2.45, 2.75) is 19.3 Å². The molecule has 1 atom stereocenters. The molecule has 0 bridgehead atoms. The van der Waals surface area contributed by atoms with Crippen molar-refractivity contribution in [2.75, 3.05) is 26.4 Å². The van der Waals surface area contributed by atoms with Crippen LogP contribution >= 0.6 is 0 Å². The Morgan fingerprint density at radius 3 is 2.52 bits per heavy atom. The Hall–Kier alpha value is -1.88. The fraction of sp³-hybridized carbons (Fsp3) is 0.368. The Labute approximate surface area is 137 Å². The van der Waals surface area contributed by atoms with Crippen molar-refractivity contribution in [3.8, 4) is 5.75 Å². The van der Waals surface area contributed by atoms with E-state index in [1.807, 2.05) is 30.3 Å². The van der Waals surface area contributed by atoms with E-state index in [1.165, 1.54) is 11.1 Å². The minimum absolute atomic E-state index is 0.164. The molecule has 122 valence electrons. The second kappa shape index (κ2) is 8.67.